The number of nitro benzene ring substituents is 1. The molecule has 0 aliphatic carbocycles. The summed E-state index contributed by atoms with van der Waals surface area (Å²) in [5, 5.41) is 11.1. The third kappa shape index (κ3) is 3.76. The molecule has 0 fully saturated rings. The number of hydrogen-bond acceptors (Lipinski definition) is 5. The third-order valence-electron chi connectivity index (χ3n) is 5.63. The Morgan fingerprint density at radius 2 is 1.83 bits per heavy atom. The maximum absolute atomic E-state index is 11.1. The van der Waals surface area contributed by atoms with Crippen molar-refractivity contribution < 1.29 is 14.4 Å². The van der Waals surface area contributed by atoms with Crippen LogP contribution >= 0.6 is 0 Å². The predicted molar refractivity (Wildman–Crippen MR) is 114 cm³/mol. The molecule has 0 saturated heterocycles. The van der Waals surface area contributed by atoms with Crippen molar-refractivity contribution in [3.8, 4) is 11.5 Å². The van der Waals surface area contributed by atoms with Crippen molar-refractivity contribution in [2.75, 3.05) is 20.8 Å². The molecule has 7 nitrogen and oxygen atoms in total. The van der Waals surface area contributed by atoms with E-state index in [-0.39, 0.29) is 16.7 Å². The number of hydrogen-bond donors (Lipinski definition) is 0. The Morgan fingerprint density at radius 3 is 2.53 bits per heavy atom. The molecule has 156 valence electrons. The molecule has 30 heavy (non-hydrogen) atoms. The minimum absolute atomic E-state index is 0.0146. The summed E-state index contributed by atoms with van der Waals surface area (Å²) >= 11 is 0. The number of ether oxygens (including phenoxy) is 2. The van der Waals surface area contributed by atoms with Crippen LogP contribution in [0.5, 0.6) is 11.5 Å². The van der Waals surface area contributed by atoms with Crippen LogP contribution in [0.3, 0.4) is 0 Å². The number of nitro groups is 1. The van der Waals surface area contributed by atoms with Gasteiger partial charge in [0.2, 0.25) is 0 Å². The van der Waals surface area contributed by atoms with Crippen molar-refractivity contribution in [1.82, 2.24) is 9.47 Å². The molecule has 2 aromatic carbocycles. The molecule has 4 rings (SSSR count). The number of benzene rings is 2. The van der Waals surface area contributed by atoms with Gasteiger partial charge in [0.25, 0.3) is 5.69 Å². The third-order valence-corrected chi connectivity index (χ3v) is 5.63. The average Bonchev–Trinajstić information content (AvgIpc) is 3.15. The van der Waals surface area contributed by atoms with E-state index >= 15 is 0 Å². The fourth-order valence-corrected chi connectivity index (χ4v) is 4.27. The first kappa shape index (κ1) is 20.0. The van der Waals surface area contributed by atoms with Gasteiger partial charge in [0.05, 0.1) is 25.2 Å². The van der Waals surface area contributed by atoms with Gasteiger partial charge in [-0.25, -0.2) is 0 Å². The molecule has 0 radical (unpaired) electrons. The highest BCUT2D eigenvalue weighted by molar-refractivity contribution is 5.47. The number of aromatic nitrogens is 1. The Morgan fingerprint density at radius 1 is 1.03 bits per heavy atom. The van der Waals surface area contributed by atoms with Crippen LogP contribution in [-0.2, 0) is 13.1 Å². The van der Waals surface area contributed by atoms with E-state index in [9.17, 15) is 10.1 Å². The largest absolute Gasteiger partial charge is 0.493 e. The van der Waals surface area contributed by atoms with E-state index < -0.39 is 0 Å². The Balaban J connectivity index is 1.75. The molecule has 0 saturated carbocycles. The van der Waals surface area contributed by atoms with Crippen LogP contribution in [0.1, 0.15) is 29.3 Å². The Kier molecular flexibility index (Phi) is 5.72. The molecule has 1 aliphatic heterocycles. The molecule has 7 heteroatoms. The molecule has 0 amide bonds. The minimum Gasteiger partial charge on any atom is -0.493 e. The van der Waals surface area contributed by atoms with Crippen LogP contribution in [0.4, 0.5) is 5.69 Å². The van der Waals surface area contributed by atoms with Crippen molar-refractivity contribution >= 4 is 5.69 Å². The first-order valence-corrected chi connectivity index (χ1v) is 9.95. The number of non-ortho nitro benzene ring substituents is 1. The van der Waals surface area contributed by atoms with E-state index in [0.717, 1.165) is 36.4 Å². The zero-order valence-corrected chi connectivity index (χ0v) is 17.2. The molecule has 1 aromatic heterocycles. The number of methoxy groups -OCH3 is 2. The van der Waals surface area contributed by atoms with E-state index in [2.05, 4.69) is 33.9 Å². The maximum Gasteiger partial charge on any atom is 0.269 e. The van der Waals surface area contributed by atoms with Crippen LogP contribution in [-0.4, -0.2) is 35.2 Å². The van der Waals surface area contributed by atoms with Gasteiger partial charge in [-0.05, 0) is 30.2 Å². The summed E-state index contributed by atoms with van der Waals surface area (Å²) in [6.07, 6.45) is 3.11. The summed E-state index contributed by atoms with van der Waals surface area (Å²) in [5.74, 6) is 1.45. The molecule has 1 aliphatic rings. The molecule has 1 atom stereocenters. The molecule has 0 N–H and O–H groups in total. The van der Waals surface area contributed by atoms with Gasteiger partial charge in [-0.2, -0.15) is 0 Å². The number of nitrogens with zero attached hydrogens (tertiary/aromatic N) is 3. The summed E-state index contributed by atoms with van der Waals surface area (Å²) in [6, 6.07) is 17.0. The molecular weight excluding hydrogens is 382 g/mol. The number of aryl methyl sites for hydroxylation is 1. The van der Waals surface area contributed by atoms with Gasteiger partial charge < -0.3 is 14.0 Å². The van der Waals surface area contributed by atoms with Crippen molar-refractivity contribution in [3.63, 3.8) is 0 Å². The van der Waals surface area contributed by atoms with Crippen molar-refractivity contribution in [2.24, 2.45) is 0 Å². The van der Waals surface area contributed by atoms with Crippen LogP contribution in [0.25, 0.3) is 0 Å². The predicted octanol–water partition coefficient (Wildman–Crippen LogP) is 4.41. The van der Waals surface area contributed by atoms with Gasteiger partial charge in [0.1, 0.15) is 0 Å². The lowest BCUT2D eigenvalue weighted by Crippen LogP contribution is -2.29. The first-order valence-electron chi connectivity index (χ1n) is 9.95. The van der Waals surface area contributed by atoms with Gasteiger partial charge in [-0.1, -0.05) is 24.3 Å². The second-order valence-corrected chi connectivity index (χ2v) is 7.35. The van der Waals surface area contributed by atoms with Crippen LogP contribution < -0.4 is 9.47 Å². The molecule has 0 spiro atoms. The summed E-state index contributed by atoms with van der Waals surface area (Å²) in [7, 11) is 3.29. The SMILES string of the molecule is COc1cccc(CN2CCCn3cccc3[C@@H]2c2ccc([N+](=O)[O-])cc2)c1OC. The highest BCUT2D eigenvalue weighted by Gasteiger charge is 2.28. The maximum atomic E-state index is 11.1. The Bertz CT molecular complexity index is 1030. The lowest BCUT2D eigenvalue weighted by atomic mass is 10.0. The molecule has 0 unspecified atom stereocenters. The number of para-hydroxylation sites is 1. The number of fused-ring (bicyclic) bond motifs is 1. The number of rotatable bonds is 6. The molecule has 3 aromatic rings. The van der Waals surface area contributed by atoms with Gasteiger partial charge >= 0.3 is 0 Å². The van der Waals surface area contributed by atoms with E-state index in [4.69, 9.17) is 9.47 Å². The monoisotopic (exact) mass is 407 g/mol. The molecule has 0 bridgehead atoms. The van der Waals surface area contributed by atoms with Crippen molar-refractivity contribution in [2.45, 2.75) is 25.6 Å². The second kappa shape index (κ2) is 8.59. The van der Waals surface area contributed by atoms with Crippen LogP contribution in [0.2, 0.25) is 0 Å². The van der Waals surface area contributed by atoms with E-state index in [1.165, 1.54) is 5.69 Å². The molecule has 2 heterocycles. The van der Waals surface area contributed by atoms with Crippen LogP contribution in [0.15, 0.2) is 60.8 Å². The summed E-state index contributed by atoms with van der Waals surface area (Å²) in [5.41, 5.74) is 3.36. The minimum atomic E-state index is -0.363. The smallest absolute Gasteiger partial charge is 0.269 e. The lowest BCUT2D eigenvalue weighted by molar-refractivity contribution is -0.384. The quantitative estimate of drug-likeness (QED) is 0.447. The fraction of sp³-hybridized carbons (Fsp3) is 0.304. The highest BCUT2D eigenvalue weighted by Crippen LogP contribution is 2.37. The first-order chi connectivity index (χ1) is 14.6. The Hall–Kier alpha value is -3.32. The van der Waals surface area contributed by atoms with Gasteiger partial charge in [0, 0.05) is 49.2 Å². The summed E-state index contributed by atoms with van der Waals surface area (Å²) < 4.78 is 13.4. The van der Waals surface area contributed by atoms with E-state index in [1.807, 2.05) is 24.3 Å². The van der Waals surface area contributed by atoms with E-state index in [0.29, 0.717) is 12.3 Å². The van der Waals surface area contributed by atoms with Crippen LogP contribution in [0, 0.1) is 10.1 Å². The normalized spacial score (nSPS) is 16.5. The van der Waals surface area contributed by atoms with Crippen molar-refractivity contribution in [3.05, 3.63) is 87.7 Å². The van der Waals surface area contributed by atoms with E-state index in [1.54, 1.807) is 26.4 Å². The zero-order chi connectivity index (χ0) is 21.1. The lowest BCUT2D eigenvalue weighted by Gasteiger charge is -2.31. The summed E-state index contributed by atoms with van der Waals surface area (Å²) in [6.45, 7) is 2.51. The standard InChI is InChI=1S/C23H25N3O4/c1-29-21-8-3-6-18(23(21)30-2)16-25-15-5-14-24-13-4-7-20(24)22(25)17-9-11-19(12-10-17)26(27)28/h3-4,6-13,22H,5,14-16H2,1-2H3/t22-/m0/s1. The zero-order valence-electron chi connectivity index (χ0n) is 17.2. The van der Waals surface area contributed by atoms with Gasteiger partial charge in [-0.15, -0.1) is 0 Å². The fourth-order valence-electron chi connectivity index (χ4n) is 4.27. The average molecular weight is 407 g/mol. The molecular formula is C23H25N3O4. The van der Waals surface area contributed by atoms with Gasteiger partial charge in [0.15, 0.2) is 11.5 Å². The van der Waals surface area contributed by atoms with Crippen molar-refractivity contribution in [1.29, 1.82) is 0 Å². The summed E-state index contributed by atoms with van der Waals surface area (Å²) in [4.78, 5) is 13.1. The highest BCUT2D eigenvalue weighted by atomic mass is 16.6. The second-order valence-electron chi connectivity index (χ2n) is 7.35. The topological polar surface area (TPSA) is 69.8 Å². The Labute approximate surface area is 175 Å². The van der Waals surface area contributed by atoms with Gasteiger partial charge in [-0.3, -0.25) is 15.0 Å².